The highest BCUT2D eigenvalue weighted by molar-refractivity contribution is 9.10. The molecule has 0 saturated heterocycles. The average Bonchev–Trinajstić information content (AvgIpc) is 2.60. The van der Waals surface area contributed by atoms with Crippen LogP contribution in [0.5, 0.6) is 0 Å². The van der Waals surface area contributed by atoms with E-state index in [1.165, 1.54) is 6.07 Å². The Morgan fingerprint density at radius 3 is 2.71 bits per heavy atom. The first-order valence-corrected chi connectivity index (χ1v) is 6.04. The van der Waals surface area contributed by atoms with E-state index in [-0.39, 0.29) is 5.69 Å². The van der Waals surface area contributed by atoms with Gasteiger partial charge < -0.3 is 9.67 Å². The molecule has 1 N–H and O–H groups in total. The number of aromatic nitrogens is 1. The zero-order valence-corrected chi connectivity index (χ0v) is 11.3. The first kappa shape index (κ1) is 12.2. The summed E-state index contributed by atoms with van der Waals surface area (Å²) in [4.78, 5) is 11.1. The Bertz CT molecular complexity index is 592. The monoisotopic (exact) mass is 313 g/mol. The van der Waals surface area contributed by atoms with Crippen LogP contribution in [0.2, 0.25) is 5.02 Å². The second-order valence-electron chi connectivity index (χ2n) is 3.67. The van der Waals surface area contributed by atoms with E-state index < -0.39 is 5.97 Å². The van der Waals surface area contributed by atoms with Crippen LogP contribution < -0.4 is 0 Å². The van der Waals surface area contributed by atoms with Gasteiger partial charge in [0.1, 0.15) is 5.69 Å². The van der Waals surface area contributed by atoms with Gasteiger partial charge in [-0.25, -0.2) is 4.79 Å². The lowest BCUT2D eigenvalue weighted by molar-refractivity contribution is 0.0688. The molecule has 0 saturated carbocycles. The van der Waals surface area contributed by atoms with Crippen LogP contribution in [-0.2, 0) is 0 Å². The van der Waals surface area contributed by atoms with Crippen molar-refractivity contribution in [1.29, 1.82) is 0 Å². The van der Waals surface area contributed by atoms with E-state index >= 15 is 0 Å². The third-order valence-corrected chi connectivity index (χ3v) is 3.21. The maximum atomic E-state index is 11.1. The van der Waals surface area contributed by atoms with Crippen molar-refractivity contribution in [2.75, 3.05) is 0 Å². The molecule has 17 heavy (non-hydrogen) atoms. The fourth-order valence-electron chi connectivity index (χ4n) is 1.60. The number of hydrogen-bond acceptors (Lipinski definition) is 1. The fraction of sp³-hybridized carbons (Fsp3) is 0.0833. The van der Waals surface area contributed by atoms with E-state index in [9.17, 15) is 4.79 Å². The molecule has 0 radical (unpaired) electrons. The Morgan fingerprint density at radius 1 is 1.41 bits per heavy atom. The number of aromatic carboxylic acids is 1. The molecule has 0 aliphatic heterocycles. The predicted molar refractivity (Wildman–Crippen MR) is 70.2 cm³/mol. The van der Waals surface area contributed by atoms with Gasteiger partial charge in [0, 0.05) is 10.7 Å². The topological polar surface area (TPSA) is 42.2 Å². The van der Waals surface area contributed by atoms with E-state index in [4.69, 9.17) is 16.7 Å². The molecule has 0 amide bonds. The number of hydrogen-bond donors (Lipinski definition) is 1. The minimum Gasteiger partial charge on any atom is -0.477 e. The lowest BCUT2D eigenvalue weighted by atomic mass is 10.2. The Morgan fingerprint density at radius 2 is 2.12 bits per heavy atom. The van der Waals surface area contributed by atoms with Crippen molar-refractivity contribution in [2.24, 2.45) is 0 Å². The molecule has 3 nitrogen and oxygen atoms in total. The SMILES string of the molecule is Cc1ccc(-n2cc(Cl)cc2C(=O)O)c(Br)c1. The maximum absolute atomic E-state index is 11.1. The number of nitrogens with zero attached hydrogens (tertiary/aromatic N) is 1. The molecule has 1 heterocycles. The summed E-state index contributed by atoms with van der Waals surface area (Å²) in [6.07, 6.45) is 1.58. The predicted octanol–water partition coefficient (Wildman–Crippen LogP) is 3.90. The molecule has 0 bridgehead atoms. The van der Waals surface area contributed by atoms with Crippen LogP contribution in [0, 0.1) is 6.92 Å². The van der Waals surface area contributed by atoms with E-state index in [1.54, 1.807) is 10.8 Å². The van der Waals surface area contributed by atoms with Crippen molar-refractivity contribution < 1.29 is 9.90 Å². The summed E-state index contributed by atoms with van der Waals surface area (Å²) in [7, 11) is 0. The molecule has 88 valence electrons. The Balaban J connectivity index is 2.63. The largest absolute Gasteiger partial charge is 0.477 e. The zero-order chi connectivity index (χ0) is 12.6. The highest BCUT2D eigenvalue weighted by Crippen LogP contribution is 2.26. The van der Waals surface area contributed by atoms with E-state index in [0.717, 1.165) is 15.7 Å². The molecule has 1 aromatic carbocycles. The third-order valence-electron chi connectivity index (χ3n) is 2.37. The molecular formula is C12H9BrClNO2. The van der Waals surface area contributed by atoms with Gasteiger partial charge in [0.15, 0.2) is 0 Å². The zero-order valence-electron chi connectivity index (χ0n) is 8.95. The minimum absolute atomic E-state index is 0.138. The molecular weight excluding hydrogens is 305 g/mol. The number of rotatable bonds is 2. The minimum atomic E-state index is -1.01. The van der Waals surface area contributed by atoms with E-state index in [1.807, 2.05) is 25.1 Å². The molecule has 0 spiro atoms. The number of benzene rings is 1. The van der Waals surface area contributed by atoms with Crippen molar-refractivity contribution in [3.8, 4) is 5.69 Å². The normalized spacial score (nSPS) is 10.5. The number of carboxylic acid groups (broad SMARTS) is 1. The van der Waals surface area contributed by atoms with Crippen LogP contribution in [0.25, 0.3) is 5.69 Å². The highest BCUT2D eigenvalue weighted by Gasteiger charge is 2.14. The number of aryl methyl sites for hydroxylation is 1. The van der Waals surface area contributed by atoms with Crippen LogP contribution in [0.15, 0.2) is 34.9 Å². The molecule has 2 aromatic rings. The standard InChI is InChI=1S/C12H9BrClNO2/c1-7-2-3-10(9(13)4-7)15-6-8(14)5-11(15)12(16)17/h2-6H,1H3,(H,16,17). The van der Waals surface area contributed by atoms with Crippen molar-refractivity contribution in [2.45, 2.75) is 6.92 Å². The summed E-state index contributed by atoms with van der Waals surface area (Å²) < 4.78 is 2.38. The molecule has 0 atom stereocenters. The lowest BCUT2D eigenvalue weighted by Gasteiger charge is -2.09. The van der Waals surface area contributed by atoms with Gasteiger partial charge in [-0.1, -0.05) is 17.7 Å². The van der Waals surface area contributed by atoms with Crippen molar-refractivity contribution in [3.05, 3.63) is 51.2 Å². The van der Waals surface area contributed by atoms with Gasteiger partial charge in [-0.05, 0) is 46.6 Å². The first-order valence-electron chi connectivity index (χ1n) is 4.87. The van der Waals surface area contributed by atoms with Gasteiger partial charge in [-0.2, -0.15) is 0 Å². The summed E-state index contributed by atoms with van der Waals surface area (Å²) in [6, 6.07) is 7.12. The number of carbonyl (C=O) groups is 1. The molecule has 0 aliphatic carbocycles. The van der Waals surface area contributed by atoms with E-state index in [2.05, 4.69) is 15.9 Å². The molecule has 0 aliphatic rings. The Kier molecular flexibility index (Phi) is 3.26. The van der Waals surface area contributed by atoms with Crippen LogP contribution in [-0.4, -0.2) is 15.6 Å². The number of carboxylic acids is 1. The van der Waals surface area contributed by atoms with Gasteiger partial charge in [0.25, 0.3) is 0 Å². The quantitative estimate of drug-likeness (QED) is 0.913. The molecule has 0 unspecified atom stereocenters. The van der Waals surface area contributed by atoms with Gasteiger partial charge >= 0.3 is 5.97 Å². The van der Waals surface area contributed by atoms with Crippen LogP contribution >= 0.6 is 27.5 Å². The second kappa shape index (κ2) is 4.55. The highest BCUT2D eigenvalue weighted by atomic mass is 79.9. The maximum Gasteiger partial charge on any atom is 0.352 e. The van der Waals surface area contributed by atoms with Gasteiger partial charge in [0.2, 0.25) is 0 Å². The summed E-state index contributed by atoms with van der Waals surface area (Å²) in [6.45, 7) is 1.97. The molecule has 5 heteroatoms. The summed E-state index contributed by atoms with van der Waals surface area (Å²) >= 11 is 9.26. The van der Waals surface area contributed by atoms with Gasteiger partial charge in [-0.15, -0.1) is 0 Å². The smallest absolute Gasteiger partial charge is 0.352 e. The summed E-state index contributed by atoms with van der Waals surface area (Å²) in [5.74, 6) is -1.01. The third kappa shape index (κ3) is 2.37. The van der Waals surface area contributed by atoms with Crippen LogP contribution in [0.4, 0.5) is 0 Å². The lowest BCUT2D eigenvalue weighted by Crippen LogP contribution is -2.06. The Labute approximate surface area is 112 Å². The van der Waals surface area contributed by atoms with Gasteiger partial charge in [0.05, 0.1) is 10.7 Å². The number of halogens is 2. The van der Waals surface area contributed by atoms with E-state index in [0.29, 0.717) is 5.02 Å². The summed E-state index contributed by atoms with van der Waals surface area (Å²) in [5.41, 5.74) is 1.98. The molecule has 2 rings (SSSR count). The average molecular weight is 315 g/mol. The first-order chi connectivity index (χ1) is 7.99. The van der Waals surface area contributed by atoms with Gasteiger partial charge in [-0.3, -0.25) is 0 Å². The molecule has 1 aromatic heterocycles. The molecule has 0 fully saturated rings. The second-order valence-corrected chi connectivity index (χ2v) is 4.96. The van der Waals surface area contributed by atoms with Crippen molar-refractivity contribution in [1.82, 2.24) is 4.57 Å². The fourth-order valence-corrected chi connectivity index (χ4v) is 2.49. The van der Waals surface area contributed by atoms with Crippen LogP contribution in [0.1, 0.15) is 16.1 Å². The Hall–Kier alpha value is -1.26. The van der Waals surface area contributed by atoms with Crippen molar-refractivity contribution >= 4 is 33.5 Å². The van der Waals surface area contributed by atoms with Crippen LogP contribution in [0.3, 0.4) is 0 Å². The summed E-state index contributed by atoms with van der Waals surface area (Å²) in [5, 5.41) is 9.49. The van der Waals surface area contributed by atoms with Crippen molar-refractivity contribution in [3.63, 3.8) is 0 Å².